The molecule has 0 aliphatic carbocycles. The Morgan fingerprint density at radius 2 is 2.03 bits per heavy atom. The van der Waals surface area contributed by atoms with Gasteiger partial charge in [0.05, 0.1) is 25.0 Å². The number of amides is 1. The van der Waals surface area contributed by atoms with E-state index in [4.69, 9.17) is 9.47 Å². The fourth-order valence-electron chi connectivity index (χ4n) is 3.82. The Balaban J connectivity index is 2.03. The van der Waals surface area contributed by atoms with Crippen LogP contribution >= 0.6 is 11.8 Å². The minimum Gasteiger partial charge on any atom is -0.493 e. The summed E-state index contributed by atoms with van der Waals surface area (Å²) in [6, 6.07) is 12.8. The Morgan fingerprint density at radius 3 is 2.71 bits per heavy atom. The van der Waals surface area contributed by atoms with Gasteiger partial charge in [-0.1, -0.05) is 23.9 Å². The topological polar surface area (TPSA) is 88.4 Å². The molecule has 0 saturated carbocycles. The standard InChI is InChI=1S/C22H22N4O4S/c1-5-30-17-11-10-14(12-18(17)29-3)21-25(13(2)27)16-9-7-6-8-15(16)19-20(28)23-22(31-4)24-26(19)21/h6-12,21H,5H2,1-4H3/p+1. The molecule has 1 unspecified atom stereocenters. The highest BCUT2D eigenvalue weighted by molar-refractivity contribution is 7.98. The third-order valence-electron chi connectivity index (χ3n) is 5.08. The number of nitrogens with one attached hydrogen (secondary N) is 1. The number of nitrogens with zero attached hydrogens (tertiary/aromatic N) is 3. The number of carbonyl (C=O) groups is 1. The first-order chi connectivity index (χ1) is 15.0. The Labute approximate surface area is 183 Å². The summed E-state index contributed by atoms with van der Waals surface area (Å²) in [7, 11) is 1.57. The number of fused-ring (bicyclic) bond motifs is 3. The van der Waals surface area contributed by atoms with Crippen molar-refractivity contribution < 1.29 is 19.0 Å². The lowest BCUT2D eigenvalue weighted by atomic mass is 10.0. The van der Waals surface area contributed by atoms with Crippen LogP contribution in [-0.2, 0) is 4.79 Å². The quantitative estimate of drug-likeness (QED) is 0.486. The van der Waals surface area contributed by atoms with E-state index in [2.05, 4.69) is 10.1 Å². The summed E-state index contributed by atoms with van der Waals surface area (Å²) < 4.78 is 12.8. The minimum atomic E-state index is -0.667. The van der Waals surface area contributed by atoms with Gasteiger partial charge in [0.1, 0.15) is 0 Å². The molecule has 2 heterocycles. The first-order valence-electron chi connectivity index (χ1n) is 9.80. The van der Waals surface area contributed by atoms with Crippen LogP contribution in [0.5, 0.6) is 11.5 Å². The molecule has 1 atom stereocenters. The smallest absolute Gasteiger partial charge is 0.325 e. The Hall–Kier alpha value is -3.33. The maximum absolute atomic E-state index is 13.0. The van der Waals surface area contributed by atoms with Crippen LogP contribution in [0, 0.1) is 0 Å². The van der Waals surface area contributed by atoms with Crippen molar-refractivity contribution in [3.8, 4) is 22.8 Å². The Bertz CT molecular complexity index is 1210. The fraction of sp³-hybridized carbons (Fsp3) is 0.273. The largest absolute Gasteiger partial charge is 0.493 e. The van der Waals surface area contributed by atoms with Gasteiger partial charge in [-0.3, -0.25) is 14.6 Å². The van der Waals surface area contributed by atoms with Crippen LogP contribution in [0.3, 0.4) is 0 Å². The zero-order valence-electron chi connectivity index (χ0n) is 17.7. The number of rotatable bonds is 5. The van der Waals surface area contributed by atoms with Gasteiger partial charge < -0.3 is 9.47 Å². The van der Waals surface area contributed by atoms with Crippen LogP contribution in [0.2, 0.25) is 0 Å². The lowest BCUT2D eigenvalue weighted by Crippen LogP contribution is -2.60. The Kier molecular flexibility index (Phi) is 5.69. The second-order valence-electron chi connectivity index (χ2n) is 6.88. The first-order valence-corrected chi connectivity index (χ1v) is 11.0. The molecule has 2 aromatic carbocycles. The van der Waals surface area contributed by atoms with Crippen LogP contribution in [-0.4, -0.2) is 36.0 Å². The third-order valence-corrected chi connectivity index (χ3v) is 5.65. The molecule has 0 spiro atoms. The van der Waals surface area contributed by atoms with Gasteiger partial charge in [-0.05, 0) is 48.2 Å². The fourth-order valence-corrected chi connectivity index (χ4v) is 4.19. The number of hydrogen-bond donors (Lipinski definition) is 1. The summed E-state index contributed by atoms with van der Waals surface area (Å²) in [5.41, 5.74) is 2.16. The van der Waals surface area contributed by atoms with Crippen molar-refractivity contribution in [3.05, 3.63) is 58.4 Å². The molecular formula is C22H23N4O4S+. The second kappa shape index (κ2) is 8.43. The van der Waals surface area contributed by atoms with Crippen molar-refractivity contribution in [2.24, 2.45) is 0 Å². The monoisotopic (exact) mass is 439 g/mol. The summed E-state index contributed by atoms with van der Waals surface area (Å²) >= 11 is 1.33. The molecule has 3 aromatic rings. The molecule has 31 heavy (non-hydrogen) atoms. The number of anilines is 1. The van der Waals surface area contributed by atoms with Crippen molar-refractivity contribution in [2.45, 2.75) is 25.2 Å². The molecule has 1 amide bonds. The predicted octanol–water partition coefficient (Wildman–Crippen LogP) is 2.77. The maximum atomic E-state index is 13.0. The molecule has 160 valence electrons. The van der Waals surface area contributed by atoms with E-state index in [1.165, 1.54) is 18.7 Å². The van der Waals surface area contributed by atoms with Gasteiger partial charge in [0.25, 0.3) is 6.17 Å². The molecule has 9 heteroatoms. The number of H-pyrrole nitrogens is 1. The van der Waals surface area contributed by atoms with Gasteiger partial charge in [0.2, 0.25) is 11.1 Å². The van der Waals surface area contributed by atoms with Crippen molar-refractivity contribution in [1.82, 2.24) is 10.1 Å². The zero-order chi connectivity index (χ0) is 22.1. The number of hydrogen-bond acceptors (Lipinski definition) is 6. The van der Waals surface area contributed by atoms with Crippen molar-refractivity contribution >= 4 is 23.4 Å². The van der Waals surface area contributed by atoms with Crippen LogP contribution < -0.4 is 24.6 Å². The molecule has 0 fully saturated rings. The molecular weight excluding hydrogens is 416 g/mol. The highest BCUT2D eigenvalue weighted by Gasteiger charge is 2.45. The van der Waals surface area contributed by atoms with Gasteiger partial charge >= 0.3 is 11.3 Å². The average Bonchev–Trinajstić information content (AvgIpc) is 2.78. The molecule has 1 aliphatic heterocycles. The van der Waals surface area contributed by atoms with Gasteiger partial charge in [-0.2, -0.15) is 0 Å². The molecule has 1 aromatic heterocycles. The number of benzene rings is 2. The molecule has 0 radical (unpaired) electrons. The number of thioether (sulfide) groups is 1. The zero-order valence-corrected chi connectivity index (χ0v) is 18.5. The highest BCUT2D eigenvalue weighted by Crippen LogP contribution is 2.39. The second-order valence-corrected chi connectivity index (χ2v) is 7.67. The first kappa shape index (κ1) is 20.9. The van der Waals surface area contributed by atoms with Crippen LogP contribution in [0.25, 0.3) is 11.3 Å². The van der Waals surface area contributed by atoms with E-state index >= 15 is 0 Å². The van der Waals surface area contributed by atoms with E-state index in [1.54, 1.807) is 22.8 Å². The number of aromatic amines is 1. The molecule has 4 rings (SSSR count). The molecule has 0 bridgehead atoms. The van der Waals surface area contributed by atoms with E-state index in [0.717, 1.165) is 5.56 Å². The minimum absolute atomic E-state index is 0.170. The van der Waals surface area contributed by atoms with Crippen molar-refractivity contribution in [2.75, 3.05) is 24.9 Å². The number of para-hydroxylation sites is 1. The van der Waals surface area contributed by atoms with Crippen LogP contribution in [0.1, 0.15) is 25.6 Å². The van der Waals surface area contributed by atoms with Crippen LogP contribution in [0.15, 0.2) is 52.4 Å². The molecule has 8 nitrogen and oxygen atoms in total. The highest BCUT2D eigenvalue weighted by atomic mass is 32.2. The third kappa shape index (κ3) is 3.54. The van der Waals surface area contributed by atoms with Gasteiger partial charge in [-0.15, -0.1) is 0 Å². The van der Waals surface area contributed by atoms with Crippen molar-refractivity contribution in [3.63, 3.8) is 0 Å². The molecule has 0 saturated heterocycles. The SMILES string of the molecule is CCOc1ccc(C2N(C(C)=O)c3ccccc3-c3c(=O)[nH]c(SC)n[n+]32)cc1OC. The van der Waals surface area contributed by atoms with Crippen molar-refractivity contribution in [1.29, 1.82) is 0 Å². The number of aromatic nitrogens is 3. The summed E-state index contributed by atoms with van der Waals surface area (Å²) in [5.74, 6) is 0.975. The van der Waals surface area contributed by atoms with E-state index in [1.807, 2.05) is 49.6 Å². The number of methoxy groups -OCH3 is 1. The van der Waals surface area contributed by atoms with E-state index in [-0.39, 0.29) is 11.5 Å². The maximum Gasteiger partial charge on any atom is 0.325 e. The predicted molar refractivity (Wildman–Crippen MR) is 118 cm³/mol. The number of carbonyl (C=O) groups excluding carboxylic acids is 1. The lowest BCUT2D eigenvalue weighted by molar-refractivity contribution is -0.763. The molecule has 1 aliphatic rings. The Morgan fingerprint density at radius 1 is 1.26 bits per heavy atom. The van der Waals surface area contributed by atoms with E-state index in [0.29, 0.717) is 40.2 Å². The van der Waals surface area contributed by atoms with E-state index < -0.39 is 6.17 Å². The average molecular weight is 440 g/mol. The van der Waals surface area contributed by atoms with Gasteiger partial charge in [-0.25, -0.2) is 4.90 Å². The van der Waals surface area contributed by atoms with E-state index in [9.17, 15) is 9.59 Å². The van der Waals surface area contributed by atoms with Gasteiger partial charge in [0.15, 0.2) is 11.5 Å². The summed E-state index contributed by atoms with van der Waals surface area (Å²) in [6.07, 6.45) is 1.17. The summed E-state index contributed by atoms with van der Waals surface area (Å²) in [6.45, 7) is 3.90. The summed E-state index contributed by atoms with van der Waals surface area (Å²) in [4.78, 5) is 30.4. The van der Waals surface area contributed by atoms with Gasteiger partial charge in [0, 0.05) is 17.6 Å². The summed E-state index contributed by atoms with van der Waals surface area (Å²) in [5, 5.41) is 5.11. The lowest BCUT2D eigenvalue weighted by Gasteiger charge is -2.31. The normalized spacial score (nSPS) is 14.6. The molecule has 1 N–H and O–H groups in total. The number of ether oxygens (including phenoxy) is 2. The van der Waals surface area contributed by atoms with Crippen LogP contribution in [0.4, 0.5) is 5.69 Å².